The number of aromatic nitrogens is 2. The molecule has 3 atom stereocenters. The quantitative estimate of drug-likeness (QED) is 0.814. The van der Waals surface area contributed by atoms with E-state index in [1.165, 1.54) is 12.5 Å². The summed E-state index contributed by atoms with van der Waals surface area (Å²) >= 11 is 5.92. The van der Waals surface area contributed by atoms with Gasteiger partial charge in [-0.1, -0.05) is 11.6 Å². The fourth-order valence-electron chi connectivity index (χ4n) is 4.27. The van der Waals surface area contributed by atoms with E-state index in [9.17, 15) is 9.90 Å². The summed E-state index contributed by atoms with van der Waals surface area (Å²) in [6.07, 6.45) is 9.62. The lowest BCUT2D eigenvalue weighted by molar-refractivity contribution is 0.0686. The summed E-state index contributed by atoms with van der Waals surface area (Å²) in [4.78, 5) is 14.2. The van der Waals surface area contributed by atoms with Crippen molar-refractivity contribution in [3.8, 4) is 0 Å². The Labute approximate surface area is 163 Å². The van der Waals surface area contributed by atoms with Crippen LogP contribution >= 0.6 is 11.6 Å². The van der Waals surface area contributed by atoms with Crippen molar-refractivity contribution in [2.24, 2.45) is 5.92 Å². The van der Waals surface area contributed by atoms with E-state index in [4.69, 9.17) is 16.0 Å². The lowest BCUT2D eigenvalue weighted by atomic mass is 10.0. The number of furan rings is 1. The number of nitrogens with one attached hydrogen (secondary N) is 1. The summed E-state index contributed by atoms with van der Waals surface area (Å²) in [6.45, 7) is 2.22. The predicted octanol–water partition coefficient (Wildman–Crippen LogP) is 2.16. The van der Waals surface area contributed by atoms with Crippen LogP contribution in [0.4, 0.5) is 0 Å². The molecule has 1 saturated heterocycles. The fraction of sp³-hybridized carbons (Fsp3) is 0.579. The molecule has 3 heterocycles. The molecular formula is C19H25ClN4O3. The first-order chi connectivity index (χ1) is 13.1. The van der Waals surface area contributed by atoms with Crippen LogP contribution in [-0.4, -0.2) is 57.0 Å². The Balaban J connectivity index is 1.24. The highest BCUT2D eigenvalue weighted by Gasteiger charge is 2.35. The number of piperidine rings is 1. The molecule has 2 N–H and O–H groups in total. The minimum Gasteiger partial charge on any atom is -0.472 e. The molecule has 4 rings (SSSR count). The molecule has 1 aliphatic heterocycles. The van der Waals surface area contributed by atoms with Crippen molar-refractivity contribution < 1.29 is 14.3 Å². The van der Waals surface area contributed by atoms with Gasteiger partial charge >= 0.3 is 0 Å². The normalized spacial score (nSPS) is 26.6. The fourth-order valence-corrected chi connectivity index (χ4v) is 4.43. The third-order valence-electron chi connectivity index (χ3n) is 5.67. The Morgan fingerprint density at radius 3 is 2.85 bits per heavy atom. The molecule has 1 unspecified atom stereocenters. The first-order valence-electron chi connectivity index (χ1n) is 9.52. The van der Waals surface area contributed by atoms with Crippen molar-refractivity contribution in [1.82, 2.24) is 20.0 Å². The molecule has 7 nitrogen and oxygen atoms in total. The molecule has 27 heavy (non-hydrogen) atoms. The van der Waals surface area contributed by atoms with Gasteiger partial charge in [-0.2, -0.15) is 5.10 Å². The van der Waals surface area contributed by atoms with E-state index in [-0.39, 0.29) is 18.1 Å². The topological polar surface area (TPSA) is 83.5 Å². The largest absolute Gasteiger partial charge is 0.472 e. The summed E-state index contributed by atoms with van der Waals surface area (Å²) in [5, 5.41) is 18.9. The van der Waals surface area contributed by atoms with E-state index < -0.39 is 0 Å². The van der Waals surface area contributed by atoms with Gasteiger partial charge in [0.1, 0.15) is 6.26 Å². The number of carbonyl (C=O) groups is 1. The molecule has 146 valence electrons. The van der Waals surface area contributed by atoms with Gasteiger partial charge in [0.2, 0.25) is 0 Å². The second-order valence-electron chi connectivity index (χ2n) is 7.64. The van der Waals surface area contributed by atoms with E-state index in [0.29, 0.717) is 22.5 Å². The molecule has 0 radical (unpaired) electrons. The molecular weight excluding hydrogens is 368 g/mol. The molecule has 0 aromatic carbocycles. The molecule has 1 aliphatic carbocycles. The molecule has 1 saturated carbocycles. The van der Waals surface area contributed by atoms with Crippen molar-refractivity contribution in [2.75, 3.05) is 13.1 Å². The molecule has 0 bridgehead atoms. The zero-order valence-electron chi connectivity index (χ0n) is 15.1. The Morgan fingerprint density at radius 2 is 2.19 bits per heavy atom. The Hall–Kier alpha value is -1.83. The summed E-state index contributed by atoms with van der Waals surface area (Å²) in [7, 11) is 0. The number of amides is 1. The first-order valence-corrected chi connectivity index (χ1v) is 9.90. The molecule has 2 aliphatic rings. The predicted molar refractivity (Wildman–Crippen MR) is 101 cm³/mol. The second kappa shape index (κ2) is 8.04. The van der Waals surface area contributed by atoms with Crippen molar-refractivity contribution in [3.05, 3.63) is 41.6 Å². The van der Waals surface area contributed by atoms with E-state index in [1.807, 2.05) is 15.8 Å². The molecule has 2 aromatic heterocycles. The zero-order chi connectivity index (χ0) is 18.8. The van der Waals surface area contributed by atoms with Crippen LogP contribution in [0.15, 0.2) is 35.4 Å². The second-order valence-corrected chi connectivity index (χ2v) is 8.07. The van der Waals surface area contributed by atoms with Gasteiger partial charge in [0, 0.05) is 37.9 Å². The van der Waals surface area contributed by atoms with Crippen LogP contribution in [0.2, 0.25) is 5.02 Å². The maximum absolute atomic E-state index is 12.4. The van der Waals surface area contributed by atoms with E-state index in [0.717, 1.165) is 45.3 Å². The number of likely N-dealkylation sites (tertiary alicyclic amines) is 1. The number of aliphatic hydroxyl groups excluding tert-OH is 1. The highest BCUT2D eigenvalue weighted by Crippen LogP contribution is 2.29. The molecule has 1 amide bonds. The minimum absolute atomic E-state index is 0.0287. The summed E-state index contributed by atoms with van der Waals surface area (Å²) in [5.74, 6) is 0.414. The average molecular weight is 393 g/mol. The van der Waals surface area contributed by atoms with Crippen LogP contribution in [0.3, 0.4) is 0 Å². The van der Waals surface area contributed by atoms with Gasteiger partial charge in [0.05, 0.1) is 29.2 Å². The van der Waals surface area contributed by atoms with Crippen LogP contribution in [0.1, 0.15) is 36.0 Å². The number of halogens is 1. The van der Waals surface area contributed by atoms with Gasteiger partial charge in [0.25, 0.3) is 5.91 Å². The van der Waals surface area contributed by atoms with Gasteiger partial charge in [-0.15, -0.1) is 0 Å². The third kappa shape index (κ3) is 4.36. The van der Waals surface area contributed by atoms with Crippen LogP contribution in [0.25, 0.3) is 0 Å². The Kier molecular flexibility index (Phi) is 5.52. The number of hydrogen-bond acceptors (Lipinski definition) is 5. The first kappa shape index (κ1) is 18.5. The van der Waals surface area contributed by atoms with Gasteiger partial charge in [-0.25, -0.2) is 0 Å². The van der Waals surface area contributed by atoms with Crippen LogP contribution in [0, 0.1) is 5.92 Å². The molecule has 2 fully saturated rings. The number of hydrogen-bond donors (Lipinski definition) is 2. The molecule has 8 heteroatoms. The SMILES string of the molecule is O=C(c1ccoc1)N1CCC(N[C@@H]2CC(Cn3cc(Cl)cn3)C[C@H]2O)CC1. The lowest BCUT2D eigenvalue weighted by Gasteiger charge is -2.34. The van der Waals surface area contributed by atoms with E-state index in [1.54, 1.807) is 12.3 Å². The maximum atomic E-state index is 12.4. The highest BCUT2D eigenvalue weighted by molar-refractivity contribution is 6.30. The van der Waals surface area contributed by atoms with Crippen molar-refractivity contribution in [2.45, 2.75) is 50.4 Å². The number of carbonyl (C=O) groups excluding carboxylic acids is 1. The average Bonchev–Trinajstić information content (AvgIpc) is 3.39. The van der Waals surface area contributed by atoms with Crippen molar-refractivity contribution in [3.63, 3.8) is 0 Å². The monoisotopic (exact) mass is 392 g/mol. The third-order valence-corrected chi connectivity index (χ3v) is 5.87. The Bertz CT molecular complexity index is 755. The zero-order valence-corrected chi connectivity index (χ0v) is 15.9. The van der Waals surface area contributed by atoms with Crippen LogP contribution in [0.5, 0.6) is 0 Å². The van der Waals surface area contributed by atoms with Gasteiger partial charge in [-0.05, 0) is 37.7 Å². The lowest BCUT2D eigenvalue weighted by Crippen LogP contribution is -2.49. The van der Waals surface area contributed by atoms with Gasteiger partial charge < -0.3 is 19.7 Å². The standard InChI is InChI=1S/C19H25ClN4O3/c20-15-9-21-24(11-15)10-13-7-17(18(25)8-13)22-16-1-4-23(5-2-16)19(26)14-3-6-27-12-14/h3,6,9,11-13,16-18,22,25H,1-2,4-5,7-8,10H2/t13?,17-,18-/m1/s1. The van der Waals surface area contributed by atoms with Crippen LogP contribution < -0.4 is 5.32 Å². The van der Waals surface area contributed by atoms with Gasteiger partial charge in [0.15, 0.2) is 0 Å². The smallest absolute Gasteiger partial charge is 0.257 e. The summed E-state index contributed by atoms with van der Waals surface area (Å²) in [6, 6.07) is 2.13. The highest BCUT2D eigenvalue weighted by atomic mass is 35.5. The van der Waals surface area contributed by atoms with E-state index >= 15 is 0 Å². The van der Waals surface area contributed by atoms with E-state index in [2.05, 4.69) is 10.4 Å². The number of aliphatic hydroxyl groups is 1. The van der Waals surface area contributed by atoms with Crippen molar-refractivity contribution >= 4 is 17.5 Å². The summed E-state index contributed by atoms with van der Waals surface area (Å²) in [5.41, 5.74) is 0.606. The number of nitrogens with zero attached hydrogens (tertiary/aromatic N) is 3. The van der Waals surface area contributed by atoms with Crippen LogP contribution in [-0.2, 0) is 6.54 Å². The minimum atomic E-state index is -0.341. The Morgan fingerprint density at radius 1 is 1.37 bits per heavy atom. The molecule has 2 aromatic rings. The maximum Gasteiger partial charge on any atom is 0.257 e. The van der Waals surface area contributed by atoms with Gasteiger partial charge in [-0.3, -0.25) is 9.48 Å². The van der Waals surface area contributed by atoms with Crippen molar-refractivity contribution in [1.29, 1.82) is 0 Å². The number of rotatable bonds is 5. The summed E-state index contributed by atoms with van der Waals surface area (Å²) < 4.78 is 6.85. The molecule has 0 spiro atoms.